The molecule has 0 amide bonds. The van der Waals surface area contributed by atoms with Crippen molar-refractivity contribution >= 4 is 23.0 Å². The molecule has 0 unspecified atom stereocenters. The maximum atomic E-state index is 11.6. The predicted octanol–water partition coefficient (Wildman–Crippen LogP) is 3.02. The minimum absolute atomic E-state index is 0.308. The van der Waals surface area contributed by atoms with Gasteiger partial charge < -0.3 is 10.5 Å². The lowest BCUT2D eigenvalue weighted by Crippen LogP contribution is -2.07. The molecular formula is C11H17NO2S. The van der Waals surface area contributed by atoms with E-state index in [0.29, 0.717) is 23.8 Å². The minimum Gasteiger partial charge on any atom is -0.462 e. The summed E-state index contributed by atoms with van der Waals surface area (Å²) in [6.45, 7) is 6.53. The number of nitrogens with two attached hydrogens (primary N) is 1. The van der Waals surface area contributed by atoms with Crippen molar-refractivity contribution in [2.45, 2.75) is 33.1 Å². The smallest absolute Gasteiger partial charge is 0.341 e. The molecule has 1 heterocycles. The van der Waals surface area contributed by atoms with E-state index in [9.17, 15) is 4.79 Å². The van der Waals surface area contributed by atoms with Crippen LogP contribution in [0.15, 0.2) is 5.38 Å². The van der Waals surface area contributed by atoms with E-state index in [1.165, 1.54) is 11.3 Å². The van der Waals surface area contributed by atoms with E-state index in [2.05, 4.69) is 13.8 Å². The number of rotatable bonds is 4. The van der Waals surface area contributed by atoms with Gasteiger partial charge in [0.05, 0.1) is 17.9 Å². The summed E-state index contributed by atoms with van der Waals surface area (Å²) < 4.78 is 5.04. The molecule has 0 saturated carbocycles. The summed E-state index contributed by atoms with van der Waals surface area (Å²) in [7, 11) is 0. The van der Waals surface area contributed by atoms with Crippen LogP contribution < -0.4 is 5.73 Å². The zero-order valence-corrected chi connectivity index (χ0v) is 10.2. The minimum atomic E-state index is -0.308. The normalized spacial score (nSPS) is 10.7. The van der Waals surface area contributed by atoms with Gasteiger partial charge in [-0.1, -0.05) is 20.8 Å². The molecule has 0 aliphatic carbocycles. The van der Waals surface area contributed by atoms with Gasteiger partial charge in [0.1, 0.15) is 0 Å². The third-order valence-electron chi connectivity index (χ3n) is 2.04. The zero-order valence-electron chi connectivity index (χ0n) is 9.37. The Bertz CT molecular complexity index is 344. The Hall–Kier alpha value is -1.03. The highest BCUT2D eigenvalue weighted by molar-refractivity contribution is 7.11. The second-order valence-electron chi connectivity index (χ2n) is 3.72. The summed E-state index contributed by atoms with van der Waals surface area (Å²) in [5.74, 6) is 0.0419. The van der Waals surface area contributed by atoms with Crippen LogP contribution in [-0.2, 0) is 4.74 Å². The Morgan fingerprint density at radius 2 is 2.27 bits per heavy atom. The highest BCUT2D eigenvalue weighted by Crippen LogP contribution is 2.32. The summed E-state index contributed by atoms with van der Waals surface area (Å²) in [4.78, 5) is 12.6. The number of carbonyl (C=O) groups is 1. The molecule has 1 aromatic rings. The zero-order chi connectivity index (χ0) is 11.4. The summed E-state index contributed by atoms with van der Waals surface area (Å²) in [6.07, 6.45) is 0.826. The van der Waals surface area contributed by atoms with Gasteiger partial charge >= 0.3 is 5.97 Å². The van der Waals surface area contributed by atoms with Crippen LogP contribution in [0.5, 0.6) is 0 Å². The topological polar surface area (TPSA) is 52.3 Å². The number of ether oxygens (including phenoxy) is 1. The Kier molecular flexibility index (Phi) is 4.15. The molecule has 4 heteroatoms. The van der Waals surface area contributed by atoms with E-state index in [0.717, 1.165) is 11.3 Å². The number of hydrogen-bond acceptors (Lipinski definition) is 4. The van der Waals surface area contributed by atoms with Gasteiger partial charge in [-0.05, 0) is 12.3 Å². The molecule has 0 aromatic carbocycles. The number of thiophene rings is 1. The van der Waals surface area contributed by atoms with Crippen LogP contribution in [0, 0.1) is 0 Å². The molecule has 0 radical (unpaired) electrons. The van der Waals surface area contributed by atoms with Crippen molar-refractivity contribution in [3.63, 3.8) is 0 Å². The molecule has 0 bridgehead atoms. The molecule has 0 saturated heterocycles. The maximum Gasteiger partial charge on any atom is 0.341 e. The second-order valence-corrected chi connectivity index (χ2v) is 4.63. The fraction of sp³-hybridized carbons (Fsp3) is 0.545. The second kappa shape index (κ2) is 5.16. The number of nitrogen functional groups attached to an aromatic ring is 1. The quantitative estimate of drug-likeness (QED) is 0.804. The first-order valence-corrected chi connectivity index (χ1v) is 5.99. The van der Waals surface area contributed by atoms with Crippen molar-refractivity contribution in [2.24, 2.45) is 0 Å². The predicted molar refractivity (Wildman–Crippen MR) is 63.4 cm³/mol. The first-order chi connectivity index (χ1) is 7.07. The standard InChI is InChI=1S/C11H17NO2S/c1-4-5-14-11(13)8-6-15-10(7(2)3)9(8)12/h6-7H,4-5,12H2,1-3H3. The van der Waals surface area contributed by atoms with Gasteiger partial charge in [0.15, 0.2) is 0 Å². The molecule has 1 aromatic heterocycles. The number of anilines is 1. The van der Waals surface area contributed by atoms with Gasteiger partial charge in [-0.25, -0.2) is 4.79 Å². The Morgan fingerprint density at radius 1 is 1.60 bits per heavy atom. The van der Waals surface area contributed by atoms with Crippen LogP contribution in [0.3, 0.4) is 0 Å². The van der Waals surface area contributed by atoms with Crippen LogP contribution in [0.2, 0.25) is 0 Å². The van der Waals surface area contributed by atoms with Crippen LogP contribution >= 0.6 is 11.3 Å². The van der Waals surface area contributed by atoms with Gasteiger partial charge in [0.2, 0.25) is 0 Å². The lowest BCUT2D eigenvalue weighted by Gasteiger charge is -2.05. The van der Waals surface area contributed by atoms with Crippen LogP contribution in [0.25, 0.3) is 0 Å². The van der Waals surface area contributed by atoms with Crippen LogP contribution in [-0.4, -0.2) is 12.6 Å². The Morgan fingerprint density at radius 3 is 2.73 bits per heavy atom. The Labute approximate surface area is 94.2 Å². The van der Waals surface area contributed by atoms with Crippen molar-refractivity contribution in [3.05, 3.63) is 15.8 Å². The SMILES string of the molecule is CCCOC(=O)c1csc(C(C)C)c1N. The van der Waals surface area contributed by atoms with Gasteiger partial charge in [0, 0.05) is 10.3 Å². The lowest BCUT2D eigenvalue weighted by molar-refractivity contribution is 0.0507. The van der Waals surface area contributed by atoms with Crippen molar-refractivity contribution in [1.29, 1.82) is 0 Å². The molecule has 3 nitrogen and oxygen atoms in total. The fourth-order valence-corrected chi connectivity index (χ4v) is 2.24. The number of carbonyl (C=O) groups excluding carboxylic acids is 1. The molecule has 0 aliphatic heterocycles. The summed E-state index contributed by atoms with van der Waals surface area (Å²) in [5.41, 5.74) is 6.98. The first-order valence-electron chi connectivity index (χ1n) is 5.11. The average molecular weight is 227 g/mol. The summed E-state index contributed by atoms with van der Waals surface area (Å²) in [6, 6.07) is 0. The van der Waals surface area contributed by atoms with Crippen LogP contribution in [0.1, 0.15) is 48.3 Å². The first kappa shape index (κ1) is 12.0. The highest BCUT2D eigenvalue weighted by atomic mass is 32.1. The van der Waals surface area contributed by atoms with Gasteiger partial charge in [-0.3, -0.25) is 0 Å². The third-order valence-corrected chi connectivity index (χ3v) is 3.34. The number of hydrogen-bond donors (Lipinski definition) is 1. The molecular weight excluding hydrogens is 210 g/mol. The summed E-state index contributed by atoms with van der Waals surface area (Å²) >= 11 is 1.52. The van der Waals surface area contributed by atoms with E-state index < -0.39 is 0 Å². The number of esters is 1. The molecule has 0 fully saturated rings. The van der Waals surface area contributed by atoms with E-state index in [4.69, 9.17) is 10.5 Å². The molecule has 15 heavy (non-hydrogen) atoms. The molecule has 2 N–H and O–H groups in total. The third kappa shape index (κ3) is 2.72. The van der Waals surface area contributed by atoms with Crippen molar-refractivity contribution in [3.8, 4) is 0 Å². The van der Waals surface area contributed by atoms with E-state index in [-0.39, 0.29) is 5.97 Å². The monoisotopic (exact) mass is 227 g/mol. The molecule has 84 valence electrons. The molecule has 0 spiro atoms. The highest BCUT2D eigenvalue weighted by Gasteiger charge is 2.17. The lowest BCUT2D eigenvalue weighted by atomic mass is 10.1. The van der Waals surface area contributed by atoms with Crippen molar-refractivity contribution < 1.29 is 9.53 Å². The summed E-state index contributed by atoms with van der Waals surface area (Å²) in [5, 5.41) is 1.78. The van der Waals surface area contributed by atoms with Gasteiger partial charge in [-0.15, -0.1) is 11.3 Å². The Balaban J connectivity index is 2.82. The van der Waals surface area contributed by atoms with Crippen molar-refractivity contribution in [2.75, 3.05) is 12.3 Å². The van der Waals surface area contributed by atoms with Gasteiger partial charge in [0.25, 0.3) is 0 Å². The molecule has 0 atom stereocenters. The fourth-order valence-electron chi connectivity index (χ4n) is 1.26. The average Bonchev–Trinajstić information content (AvgIpc) is 2.56. The van der Waals surface area contributed by atoms with Gasteiger partial charge in [-0.2, -0.15) is 0 Å². The van der Waals surface area contributed by atoms with E-state index in [1.54, 1.807) is 5.38 Å². The molecule has 0 aliphatic rings. The largest absolute Gasteiger partial charge is 0.462 e. The van der Waals surface area contributed by atoms with E-state index in [1.807, 2.05) is 6.92 Å². The molecule has 1 rings (SSSR count). The maximum absolute atomic E-state index is 11.6. The van der Waals surface area contributed by atoms with E-state index >= 15 is 0 Å². The van der Waals surface area contributed by atoms with Crippen LogP contribution in [0.4, 0.5) is 5.69 Å². The van der Waals surface area contributed by atoms with Crippen molar-refractivity contribution in [1.82, 2.24) is 0 Å².